The molecule has 128 valence electrons. The van der Waals surface area contributed by atoms with Gasteiger partial charge in [-0.25, -0.2) is 0 Å². The molecule has 2 aromatic rings. The van der Waals surface area contributed by atoms with Crippen LogP contribution in [0.5, 0.6) is 0 Å². The highest BCUT2D eigenvalue weighted by molar-refractivity contribution is 5.26. The third-order valence-electron chi connectivity index (χ3n) is 5.02. The first kappa shape index (κ1) is 17.2. The van der Waals surface area contributed by atoms with E-state index in [4.69, 9.17) is 0 Å². The van der Waals surface area contributed by atoms with Crippen molar-refractivity contribution < 1.29 is 5.11 Å². The monoisotopic (exact) mass is 324 g/mol. The second-order valence-corrected chi connectivity index (χ2v) is 6.66. The minimum Gasteiger partial charge on any atom is -0.392 e. The lowest BCUT2D eigenvalue weighted by molar-refractivity contribution is 0.199. The van der Waals surface area contributed by atoms with Crippen LogP contribution in [0.25, 0.3) is 0 Å². The van der Waals surface area contributed by atoms with Gasteiger partial charge in [0.05, 0.1) is 6.61 Å². The van der Waals surface area contributed by atoms with Crippen molar-refractivity contribution in [1.82, 2.24) is 10.2 Å². The first-order valence-corrected chi connectivity index (χ1v) is 9.02. The first-order valence-electron chi connectivity index (χ1n) is 9.02. The van der Waals surface area contributed by atoms with Crippen LogP contribution in [0.15, 0.2) is 54.6 Å². The lowest BCUT2D eigenvalue weighted by Gasteiger charge is -2.32. The summed E-state index contributed by atoms with van der Waals surface area (Å²) >= 11 is 0. The molecule has 1 saturated heterocycles. The van der Waals surface area contributed by atoms with Crippen molar-refractivity contribution in [3.8, 4) is 0 Å². The molecule has 2 N–H and O–H groups in total. The van der Waals surface area contributed by atoms with Gasteiger partial charge in [-0.2, -0.15) is 0 Å². The molecular weight excluding hydrogens is 296 g/mol. The van der Waals surface area contributed by atoms with Crippen LogP contribution in [-0.2, 0) is 19.6 Å². The zero-order valence-corrected chi connectivity index (χ0v) is 14.3. The van der Waals surface area contributed by atoms with Crippen LogP contribution >= 0.6 is 0 Å². The zero-order chi connectivity index (χ0) is 16.6. The molecule has 0 atom stereocenters. The summed E-state index contributed by atoms with van der Waals surface area (Å²) in [7, 11) is 0. The Hall–Kier alpha value is -1.68. The van der Waals surface area contributed by atoms with E-state index in [0.717, 1.165) is 25.1 Å². The van der Waals surface area contributed by atoms with Crippen molar-refractivity contribution in [2.45, 2.75) is 38.5 Å². The standard InChI is InChI=1S/C21H28N2O/c24-17-20-9-5-4-8-19(20)16-22-21-11-14-23(15-12-21)13-10-18-6-2-1-3-7-18/h1-9,21-22,24H,10-17H2. The quantitative estimate of drug-likeness (QED) is 0.822. The Bertz CT molecular complexity index is 606. The fourth-order valence-electron chi connectivity index (χ4n) is 3.43. The third kappa shape index (κ3) is 4.91. The molecule has 2 aromatic carbocycles. The molecule has 0 bridgehead atoms. The number of nitrogens with zero attached hydrogens (tertiary/aromatic N) is 1. The molecule has 1 fully saturated rings. The maximum absolute atomic E-state index is 9.41. The van der Waals surface area contributed by atoms with Crippen LogP contribution in [0.3, 0.4) is 0 Å². The Morgan fingerprint density at radius 3 is 2.29 bits per heavy atom. The predicted octanol–water partition coefficient (Wildman–Crippen LogP) is 2.98. The number of benzene rings is 2. The third-order valence-corrected chi connectivity index (χ3v) is 5.02. The molecule has 1 aliphatic heterocycles. The van der Waals surface area contributed by atoms with E-state index in [9.17, 15) is 5.11 Å². The fraction of sp³-hybridized carbons (Fsp3) is 0.429. The summed E-state index contributed by atoms with van der Waals surface area (Å²) in [5.74, 6) is 0. The van der Waals surface area contributed by atoms with E-state index in [1.807, 2.05) is 18.2 Å². The zero-order valence-electron chi connectivity index (χ0n) is 14.3. The van der Waals surface area contributed by atoms with Gasteiger partial charge in [0.1, 0.15) is 0 Å². The fourth-order valence-corrected chi connectivity index (χ4v) is 3.43. The Morgan fingerprint density at radius 2 is 1.58 bits per heavy atom. The van der Waals surface area contributed by atoms with E-state index in [1.165, 1.54) is 37.1 Å². The highest BCUT2D eigenvalue weighted by atomic mass is 16.3. The van der Waals surface area contributed by atoms with Crippen LogP contribution in [0.4, 0.5) is 0 Å². The second kappa shape index (κ2) is 8.97. The van der Waals surface area contributed by atoms with Crippen molar-refractivity contribution >= 4 is 0 Å². The molecule has 0 unspecified atom stereocenters. The summed E-state index contributed by atoms with van der Waals surface area (Å²) in [4.78, 5) is 2.58. The highest BCUT2D eigenvalue weighted by Crippen LogP contribution is 2.14. The molecule has 0 radical (unpaired) electrons. The highest BCUT2D eigenvalue weighted by Gasteiger charge is 2.18. The van der Waals surface area contributed by atoms with Crippen molar-refractivity contribution in [3.05, 3.63) is 71.3 Å². The van der Waals surface area contributed by atoms with Gasteiger partial charge in [0, 0.05) is 19.1 Å². The minimum atomic E-state index is 0.121. The molecule has 1 heterocycles. The van der Waals surface area contributed by atoms with Crippen LogP contribution in [0, 0.1) is 0 Å². The van der Waals surface area contributed by atoms with Crippen molar-refractivity contribution in [1.29, 1.82) is 0 Å². The van der Waals surface area contributed by atoms with Crippen LogP contribution in [-0.4, -0.2) is 35.7 Å². The van der Waals surface area contributed by atoms with Gasteiger partial charge in [-0.05, 0) is 49.0 Å². The topological polar surface area (TPSA) is 35.5 Å². The number of piperidine rings is 1. The Balaban J connectivity index is 1.39. The molecule has 0 saturated carbocycles. The van der Waals surface area contributed by atoms with Gasteiger partial charge >= 0.3 is 0 Å². The molecule has 0 spiro atoms. The van der Waals surface area contributed by atoms with Gasteiger partial charge in [0.2, 0.25) is 0 Å². The number of nitrogens with one attached hydrogen (secondary N) is 1. The summed E-state index contributed by atoms with van der Waals surface area (Å²) in [6, 6.07) is 19.5. The van der Waals surface area contributed by atoms with E-state index in [0.29, 0.717) is 6.04 Å². The number of aliphatic hydroxyl groups excluding tert-OH is 1. The SMILES string of the molecule is OCc1ccccc1CNC1CCN(CCc2ccccc2)CC1. The van der Waals surface area contributed by atoms with Gasteiger partial charge in [0.15, 0.2) is 0 Å². The molecule has 0 amide bonds. The summed E-state index contributed by atoms with van der Waals surface area (Å²) in [6.07, 6.45) is 3.55. The smallest absolute Gasteiger partial charge is 0.0685 e. The summed E-state index contributed by atoms with van der Waals surface area (Å²) in [6.45, 7) is 4.48. The largest absolute Gasteiger partial charge is 0.392 e. The van der Waals surface area contributed by atoms with E-state index in [1.54, 1.807) is 0 Å². The Morgan fingerprint density at radius 1 is 0.917 bits per heavy atom. The lowest BCUT2D eigenvalue weighted by Crippen LogP contribution is -2.42. The summed E-state index contributed by atoms with van der Waals surface area (Å²) in [5.41, 5.74) is 3.68. The Kier molecular flexibility index (Phi) is 6.41. The van der Waals surface area contributed by atoms with E-state index < -0.39 is 0 Å². The predicted molar refractivity (Wildman–Crippen MR) is 98.8 cm³/mol. The van der Waals surface area contributed by atoms with Crippen LogP contribution < -0.4 is 5.32 Å². The number of likely N-dealkylation sites (tertiary alicyclic amines) is 1. The number of hydrogen-bond acceptors (Lipinski definition) is 3. The van der Waals surface area contributed by atoms with Gasteiger partial charge in [-0.3, -0.25) is 0 Å². The summed E-state index contributed by atoms with van der Waals surface area (Å²) < 4.78 is 0. The molecule has 1 aliphatic rings. The van der Waals surface area contributed by atoms with Crippen molar-refractivity contribution in [3.63, 3.8) is 0 Å². The molecule has 24 heavy (non-hydrogen) atoms. The van der Waals surface area contributed by atoms with Gasteiger partial charge in [0.25, 0.3) is 0 Å². The van der Waals surface area contributed by atoms with Crippen LogP contribution in [0.2, 0.25) is 0 Å². The molecule has 0 aliphatic carbocycles. The second-order valence-electron chi connectivity index (χ2n) is 6.66. The molecular formula is C21H28N2O. The number of rotatable bonds is 7. The van der Waals surface area contributed by atoms with Gasteiger partial charge in [-0.1, -0.05) is 54.6 Å². The molecule has 3 rings (SSSR count). The van der Waals surface area contributed by atoms with Gasteiger partial charge in [-0.15, -0.1) is 0 Å². The first-order chi connectivity index (χ1) is 11.8. The molecule has 3 heteroatoms. The van der Waals surface area contributed by atoms with Crippen molar-refractivity contribution in [2.75, 3.05) is 19.6 Å². The molecule has 3 nitrogen and oxygen atoms in total. The van der Waals surface area contributed by atoms with E-state index in [-0.39, 0.29) is 6.61 Å². The van der Waals surface area contributed by atoms with Gasteiger partial charge < -0.3 is 15.3 Å². The number of hydrogen-bond donors (Lipinski definition) is 2. The van der Waals surface area contributed by atoms with Crippen molar-refractivity contribution in [2.24, 2.45) is 0 Å². The van der Waals surface area contributed by atoms with E-state index in [2.05, 4.69) is 46.6 Å². The minimum absolute atomic E-state index is 0.121. The summed E-state index contributed by atoms with van der Waals surface area (Å²) in [5, 5.41) is 13.1. The Labute approximate surface area is 145 Å². The van der Waals surface area contributed by atoms with E-state index >= 15 is 0 Å². The normalized spacial score (nSPS) is 16.4. The maximum atomic E-state index is 9.41. The average molecular weight is 324 g/mol. The van der Waals surface area contributed by atoms with Crippen LogP contribution in [0.1, 0.15) is 29.5 Å². The average Bonchev–Trinajstić information content (AvgIpc) is 2.66. The molecule has 0 aromatic heterocycles. The number of aliphatic hydroxyl groups is 1. The lowest BCUT2D eigenvalue weighted by atomic mass is 10.0. The maximum Gasteiger partial charge on any atom is 0.0685 e.